The number of hydrogen-bond donors (Lipinski definition) is 1. The number of pyridine rings is 1. The lowest BCUT2D eigenvalue weighted by molar-refractivity contribution is 0.198. The van der Waals surface area contributed by atoms with Gasteiger partial charge in [0.05, 0.1) is 6.10 Å². The van der Waals surface area contributed by atoms with Gasteiger partial charge >= 0.3 is 0 Å². The second kappa shape index (κ2) is 5.67. The molecule has 0 unspecified atom stereocenters. The summed E-state index contributed by atoms with van der Waals surface area (Å²) in [5, 5.41) is 9.61. The van der Waals surface area contributed by atoms with E-state index >= 15 is 0 Å². The maximum Gasteiger partial charge on any atom is 0.128 e. The minimum absolute atomic E-state index is 0.441. The van der Waals surface area contributed by atoms with Crippen LogP contribution in [0.5, 0.6) is 0 Å². The van der Waals surface area contributed by atoms with Gasteiger partial charge in [0.25, 0.3) is 0 Å². The molecule has 1 aliphatic heterocycles. The number of aromatic nitrogens is 1. The van der Waals surface area contributed by atoms with Crippen molar-refractivity contribution in [3.63, 3.8) is 0 Å². The van der Waals surface area contributed by atoms with Crippen LogP contribution in [0.25, 0.3) is 0 Å². The molecule has 2 heterocycles. The fourth-order valence-corrected chi connectivity index (χ4v) is 2.46. The molecule has 0 aliphatic carbocycles. The molecule has 1 aromatic heterocycles. The minimum atomic E-state index is -0.441. The van der Waals surface area contributed by atoms with Gasteiger partial charge in [0, 0.05) is 37.9 Å². The highest BCUT2D eigenvalue weighted by molar-refractivity contribution is 5.44. The summed E-state index contributed by atoms with van der Waals surface area (Å²) in [5.74, 6) is 1.03. The Balaban J connectivity index is 2.08. The Bertz CT molecular complexity index is 398. The van der Waals surface area contributed by atoms with E-state index in [2.05, 4.69) is 27.8 Å². The van der Waals surface area contributed by atoms with Crippen molar-refractivity contribution in [2.24, 2.45) is 0 Å². The normalized spacial score (nSPS) is 19.0. The summed E-state index contributed by atoms with van der Waals surface area (Å²) in [6, 6.07) is 2.09. The van der Waals surface area contributed by atoms with Gasteiger partial charge in [-0.3, -0.25) is 0 Å². The van der Waals surface area contributed by atoms with Gasteiger partial charge in [-0.25, -0.2) is 4.98 Å². The van der Waals surface area contributed by atoms with Crippen LogP contribution in [0.2, 0.25) is 0 Å². The van der Waals surface area contributed by atoms with Crippen LogP contribution in [0, 0.1) is 6.92 Å². The quantitative estimate of drug-likeness (QED) is 0.883. The van der Waals surface area contributed by atoms with Gasteiger partial charge in [-0.05, 0) is 32.0 Å². The van der Waals surface area contributed by atoms with Crippen LogP contribution in [0.1, 0.15) is 31.1 Å². The van der Waals surface area contributed by atoms with Crippen molar-refractivity contribution in [3.8, 4) is 0 Å². The molecule has 0 radical (unpaired) electrons. The fraction of sp³-hybridized carbons (Fsp3) is 0.643. The van der Waals surface area contributed by atoms with Gasteiger partial charge in [0.2, 0.25) is 0 Å². The molecule has 4 nitrogen and oxygen atoms in total. The van der Waals surface area contributed by atoms with Crippen molar-refractivity contribution in [1.82, 2.24) is 9.88 Å². The standard InChI is InChI=1S/C14H23N3O/c1-4-16-5-7-17(8-6-16)14-9-11(2)13(10-15-14)12(3)18/h9-10,12,18H,4-8H2,1-3H3/t12-/m0/s1. The molecule has 0 bridgehead atoms. The Morgan fingerprint density at radius 1 is 1.33 bits per heavy atom. The summed E-state index contributed by atoms with van der Waals surface area (Å²) in [6.07, 6.45) is 1.37. The SMILES string of the molecule is CCN1CCN(c2cc(C)c([C@H](C)O)cn2)CC1. The molecule has 1 saturated heterocycles. The first kappa shape index (κ1) is 13.3. The van der Waals surface area contributed by atoms with Gasteiger partial charge in [0.15, 0.2) is 0 Å². The second-order valence-electron chi connectivity index (χ2n) is 5.00. The van der Waals surface area contributed by atoms with Crippen LogP contribution < -0.4 is 4.90 Å². The molecule has 100 valence electrons. The van der Waals surface area contributed by atoms with Crippen LogP contribution >= 0.6 is 0 Å². The van der Waals surface area contributed by atoms with Gasteiger partial charge in [0.1, 0.15) is 5.82 Å². The number of aliphatic hydroxyl groups is 1. The lowest BCUT2D eigenvalue weighted by atomic mass is 10.1. The van der Waals surface area contributed by atoms with E-state index in [9.17, 15) is 5.11 Å². The van der Waals surface area contributed by atoms with Crippen molar-refractivity contribution in [2.75, 3.05) is 37.6 Å². The maximum atomic E-state index is 9.61. The number of piperazine rings is 1. The predicted molar refractivity (Wildman–Crippen MR) is 73.9 cm³/mol. The van der Waals surface area contributed by atoms with Crippen LogP contribution in [-0.2, 0) is 0 Å². The van der Waals surface area contributed by atoms with E-state index in [0.29, 0.717) is 0 Å². The number of aryl methyl sites for hydroxylation is 1. The molecule has 0 aromatic carbocycles. The number of aliphatic hydroxyl groups excluding tert-OH is 1. The van der Waals surface area contributed by atoms with Crippen LogP contribution in [0.4, 0.5) is 5.82 Å². The van der Waals surface area contributed by atoms with E-state index in [-0.39, 0.29) is 0 Å². The highest BCUT2D eigenvalue weighted by Crippen LogP contribution is 2.21. The third-order valence-electron chi connectivity index (χ3n) is 3.73. The molecule has 0 saturated carbocycles. The molecule has 1 aliphatic rings. The largest absolute Gasteiger partial charge is 0.389 e. The third-order valence-corrected chi connectivity index (χ3v) is 3.73. The van der Waals surface area contributed by atoms with Gasteiger partial charge < -0.3 is 14.9 Å². The van der Waals surface area contributed by atoms with Crippen molar-refractivity contribution >= 4 is 5.82 Å². The number of nitrogens with zero attached hydrogens (tertiary/aromatic N) is 3. The van der Waals surface area contributed by atoms with Crippen molar-refractivity contribution < 1.29 is 5.11 Å². The van der Waals surface area contributed by atoms with E-state index in [4.69, 9.17) is 0 Å². The van der Waals surface area contributed by atoms with Crippen LogP contribution in [0.3, 0.4) is 0 Å². The predicted octanol–water partition coefficient (Wildman–Crippen LogP) is 1.59. The van der Waals surface area contributed by atoms with Crippen LogP contribution in [0.15, 0.2) is 12.3 Å². The maximum absolute atomic E-state index is 9.61. The first-order chi connectivity index (χ1) is 8.61. The van der Waals surface area contributed by atoms with E-state index in [1.54, 1.807) is 6.92 Å². The van der Waals surface area contributed by atoms with E-state index < -0.39 is 6.10 Å². The second-order valence-corrected chi connectivity index (χ2v) is 5.00. The number of anilines is 1. The first-order valence-electron chi connectivity index (χ1n) is 6.73. The molecule has 1 aromatic rings. The van der Waals surface area contributed by atoms with Gasteiger partial charge in [-0.2, -0.15) is 0 Å². The molecule has 2 rings (SSSR count). The fourth-order valence-electron chi connectivity index (χ4n) is 2.46. The Hall–Kier alpha value is -1.13. The monoisotopic (exact) mass is 249 g/mol. The van der Waals surface area contributed by atoms with Crippen LogP contribution in [-0.4, -0.2) is 47.7 Å². The summed E-state index contributed by atoms with van der Waals surface area (Å²) in [6.45, 7) is 11.4. The smallest absolute Gasteiger partial charge is 0.128 e. The van der Waals surface area contributed by atoms with Crippen molar-refractivity contribution in [2.45, 2.75) is 26.9 Å². The molecular formula is C14H23N3O. The van der Waals surface area contributed by atoms with E-state index in [0.717, 1.165) is 49.7 Å². The molecular weight excluding hydrogens is 226 g/mol. The number of rotatable bonds is 3. The first-order valence-corrected chi connectivity index (χ1v) is 6.73. The Morgan fingerprint density at radius 2 is 2.00 bits per heavy atom. The zero-order chi connectivity index (χ0) is 13.1. The number of likely N-dealkylation sites (N-methyl/N-ethyl adjacent to an activating group) is 1. The Kier molecular flexibility index (Phi) is 4.19. The molecule has 1 fully saturated rings. The lowest BCUT2D eigenvalue weighted by Gasteiger charge is -2.35. The topological polar surface area (TPSA) is 39.6 Å². The van der Waals surface area contributed by atoms with Crippen molar-refractivity contribution in [3.05, 3.63) is 23.4 Å². The minimum Gasteiger partial charge on any atom is -0.389 e. The zero-order valence-corrected chi connectivity index (χ0v) is 11.6. The average Bonchev–Trinajstić information content (AvgIpc) is 2.38. The molecule has 1 N–H and O–H groups in total. The third kappa shape index (κ3) is 2.82. The molecule has 18 heavy (non-hydrogen) atoms. The molecule has 0 amide bonds. The molecule has 4 heteroatoms. The lowest BCUT2D eigenvalue weighted by Crippen LogP contribution is -2.46. The Labute approximate surface area is 109 Å². The zero-order valence-electron chi connectivity index (χ0n) is 11.6. The Morgan fingerprint density at radius 3 is 2.50 bits per heavy atom. The average molecular weight is 249 g/mol. The summed E-state index contributed by atoms with van der Waals surface area (Å²) in [7, 11) is 0. The van der Waals surface area contributed by atoms with Gasteiger partial charge in [-0.15, -0.1) is 0 Å². The van der Waals surface area contributed by atoms with E-state index in [1.165, 1.54) is 0 Å². The highest BCUT2D eigenvalue weighted by atomic mass is 16.3. The summed E-state index contributed by atoms with van der Waals surface area (Å²) in [5.41, 5.74) is 2.04. The van der Waals surface area contributed by atoms with Crippen molar-refractivity contribution in [1.29, 1.82) is 0 Å². The summed E-state index contributed by atoms with van der Waals surface area (Å²) >= 11 is 0. The number of hydrogen-bond acceptors (Lipinski definition) is 4. The van der Waals surface area contributed by atoms with Gasteiger partial charge in [-0.1, -0.05) is 6.92 Å². The summed E-state index contributed by atoms with van der Waals surface area (Å²) in [4.78, 5) is 9.26. The highest BCUT2D eigenvalue weighted by Gasteiger charge is 2.17. The summed E-state index contributed by atoms with van der Waals surface area (Å²) < 4.78 is 0. The molecule has 1 atom stereocenters. The molecule has 0 spiro atoms. The van der Waals surface area contributed by atoms with E-state index in [1.807, 2.05) is 13.1 Å².